The van der Waals surface area contributed by atoms with Crippen LogP contribution in [-0.4, -0.2) is 22.4 Å². The molecule has 0 atom stereocenters. The summed E-state index contributed by atoms with van der Waals surface area (Å²) in [5.41, 5.74) is 9.30. The maximum absolute atomic E-state index is 12.1. The fourth-order valence-corrected chi connectivity index (χ4v) is 5.00. The maximum Gasteiger partial charge on any atom is 0.240 e. The molecule has 0 saturated heterocycles. The molecule has 0 spiro atoms. The summed E-state index contributed by atoms with van der Waals surface area (Å²) in [6, 6.07) is 14.1. The molecule has 0 aliphatic rings. The van der Waals surface area contributed by atoms with Gasteiger partial charge in [0, 0.05) is 49.2 Å². The summed E-state index contributed by atoms with van der Waals surface area (Å²) < 4.78 is 3.18. The van der Waals surface area contributed by atoms with Crippen molar-refractivity contribution in [2.75, 3.05) is 5.75 Å². The number of nitrogens with one attached hydrogen (secondary N) is 1. The van der Waals surface area contributed by atoms with Crippen LogP contribution in [0.5, 0.6) is 0 Å². The Hall–Kier alpha value is -2.02. The monoisotopic (exact) mass is 517 g/mol. The Labute approximate surface area is 201 Å². The molecule has 162 valence electrons. The van der Waals surface area contributed by atoms with Crippen molar-refractivity contribution in [3.63, 3.8) is 0 Å². The number of amides is 1. The fraction of sp³-hybridized carbons (Fsp3) is 0.250. The van der Waals surface area contributed by atoms with E-state index in [0.29, 0.717) is 17.2 Å². The first kappa shape index (κ1) is 23.6. The average molecular weight is 519 g/mol. The summed E-state index contributed by atoms with van der Waals surface area (Å²) in [4.78, 5) is 13.2. The van der Waals surface area contributed by atoms with Crippen molar-refractivity contribution in [3.05, 3.63) is 80.0 Å². The summed E-state index contributed by atoms with van der Waals surface area (Å²) in [6.45, 7) is 8.33. The number of aryl methyl sites for hydroxylation is 2. The summed E-state index contributed by atoms with van der Waals surface area (Å²) >= 11 is 11.2. The van der Waals surface area contributed by atoms with Crippen molar-refractivity contribution in [2.45, 2.75) is 39.0 Å². The van der Waals surface area contributed by atoms with E-state index in [1.54, 1.807) is 18.0 Å². The molecule has 0 aliphatic carbocycles. The second-order valence-corrected chi connectivity index (χ2v) is 9.82. The van der Waals surface area contributed by atoms with Crippen LogP contribution in [0.25, 0.3) is 5.69 Å². The van der Waals surface area contributed by atoms with Crippen molar-refractivity contribution >= 4 is 51.4 Å². The minimum absolute atomic E-state index is 0.114. The van der Waals surface area contributed by atoms with Gasteiger partial charge in [0.15, 0.2) is 0 Å². The van der Waals surface area contributed by atoms with Crippen LogP contribution in [-0.2, 0) is 4.79 Å². The number of hydrogen-bond acceptors (Lipinski definition) is 3. The first-order valence-corrected chi connectivity index (χ1v) is 12.1. The highest BCUT2D eigenvalue weighted by molar-refractivity contribution is 9.10. The number of carbonyl (C=O) groups excluding carboxylic acids is 1. The van der Waals surface area contributed by atoms with Gasteiger partial charge in [0.25, 0.3) is 0 Å². The van der Waals surface area contributed by atoms with E-state index in [-0.39, 0.29) is 5.91 Å². The predicted molar refractivity (Wildman–Crippen MR) is 135 cm³/mol. The Morgan fingerprint density at radius 2 is 1.74 bits per heavy atom. The van der Waals surface area contributed by atoms with Gasteiger partial charge in [0.2, 0.25) is 5.91 Å². The van der Waals surface area contributed by atoms with Crippen LogP contribution in [0.4, 0.5) is 0 Å². The van der Waals surface area contributed by atoms with E-state index < -0.39 is 0 Å². The highest BCUT2D eigenvalue weighted by atomic mass is 79.9. The van der Waals surface area contributed by atoms with Crippen LogP contribution in [0.2, 0.25) is 5.02 Å². The van der Waals surface area contributed by atoms with Gasteiger partial charge in [-0.2, -0.15) is 5.10 Å². The van der Waals surface area contributed by atoms with Gasteiger partial charge >= 0.3 is 0 Å². The highest BCUT2D eigenvalue weighted by Gasteiger charge is 2.16. The minimum atomic E-state index is -0.114. The molecule has 31 heavy (non-hydrogen) atoms. The van der Waals surface area contributed by atoms with Crippen molar-refractivity contribution in [3.8, 4) is 5.69 Å². The lowest BCUT2D eigenvalue weighted by Crippen LogP contribution is -2.17. The second-order valence-electron chi connectivity index (χ2n) is 7.43. The molecule has 1 amide bonds. The summed E-state index contributed by atoms with van der Waals surface area (Å²) in [6.07, 6.45) is 2.09. The fourth-order valence-electron chi connectivity index (χ4n) is 3.46. The smallest absolute Gasteiger partial charge is 0.240 e. The number of hydrogen-bond donors (Lipinski definition) is 1. The third-order valence-electron chi connectivity index (χ3n) is 4.87. The van der Waals surface area contributed by atoms with E-state index in [1.165, 1.54) is 11.1 Å². The van der Waals surface area contributed by atoms with E-state index in [0.717, 1.165) is 32.0 Å². The summed E-state index contributed by atoms with van der Waals surface area (Å²) in [5, 5.41) is 4.90. The molecule has 7 heteroatoms. The quantitative estimate of drug-likeness (QED) is 0.213. The Morgan fingerprint density at radius 3 is 2.39 bits per heavy atom. The van der Waals surface area contributed by atoms with Gasteiger partial charge in [-0.05, 0) is 91.1 Å². The van der Waals surface area contributed by atoms with E-state index in [1.807, 2.05) is 24.3 Å². The van der Waals surface area contributed by atoms with Crippen LogP contribution in [0, 0.1) is 27.7 Å². The minimum Gasteiger partial charge on any atom is -0.317 e. The molecule has 1 aromatic heterocycles. The number of aromatic nitrogens is 1. The van der Waals surface area contributed by atoms with Crippen LogP contribution >= 0.6 is 39.3 Å². The second kappa shape index (κ2) is 10.5. The number of hydrazone groups is 1. The molecule has 0 radical (unpaired) electrons. The number of rotatable bonds is 7. The molecular weight excluding hydrogens is 494 g/mol. The zero-order valence-corrected chi connectivity index (χ0v) is 21.2. The van der Waals surface area contributed by atoms with Gasteiger partial charge in [-0.1, -0.05) is 17.7 Å². The molecule has 3 aromatic rings. The van der Waals surface area contributed by atoms with Crippen molar-refractivity contribution in [1.29, 1.82) is 0 Å². The van der Waals surface area contributed by atoms with E-state index in [9.17, 15) is 4.79 Å². The molecule has 0 bridgehead atoms. The molecule has 0 fully saturated rings. The molecular formula is C24H25BrClN3OS. The van der Waals surface area contributed by atoms with Crippen molar-refractivity contribution in [1.82, 2.24) is 9.99 Å². The third-order valence-corrected chi connectivity index (χ3v) is 7.14. The van der Waals surface area contributed by atoms with Gasteiger partial charge < -0.3 is 4.57 Å². The number of thioether (sulfide) groups is 1. The maximum atomic E-state index is 12.1. The lowest BCUT2D eigenvalue weighted by molar-refractivity contribution is -0.120. The molecule has 2 aromatic carbocycles. The number of carbonyl (C=O) groups is 1. The van der Waals surface area contributed by atoms with Crippen LogP contribution in [0.1, 0.15) is 34.5 Å². The van der Waals surface area contributed by atoms with Gasteiger partial charge in [-0.3, -0.25) is 4.79 Å². The highest BCUT2D eigenvalue weighted by Crippen LogP contribution is 2.30. The first-order valence-electron chi connectivity index (χ1n) is 9.92. The van der Waals surface area contributed by atoms with E-state index in [2.05, 4.69) is 76.9 Å². The third kappa shape index (κ3) is 6.03. The number of nitrogens with zero attached hydrogens (tertiary/aromatic N) is 2. The van der Waals surface area contributed by atoms with Crippen molar-refractivity contribution in [2.24, 2.45) is 5.10 Å². The topological polar surface area (TPSA) is 46.4 Å². The lowest BCUT2D eigenvalue weighted by atomic mass is 10.1. The Morgan fingerprint density at radius 1 is 1.10 bits per heavy atom. The van der Waals surface area contributed by atoms with Gasteiger partial charge in [-0.15, -0.1) is 11.8 Å². The van der Waals surface area contributed by atoms with Crippen LogP contribution in [0.15, 0.2) is 56.9 Å². The normalized spacial score (nSPS) is 11.3. The van der Waals surface area contributed by atoms with Gasteiger partial charge in [-0.25, -0.2) is 5.43 Å². The Bertz CT molecular complexity index is 1100. The molecule has 0 saturated carbocycles. The average Bonchev–Trinajstić information content (AvgIpc) is 2.92. The predicted octanol–water partition coefficient (Wildman–Crippen LogP) is 6.76. The summed E-state index contributed by atoms with van der Waals surface area (Å²) in [7, 11) is 0. The molecule has 0 unspecified atom stereocenters. The standard InChI is InChI=1S/C24H25BrClN3OS/c1-15-11-16(2)13-20(12-15)29-17(3)22(24(25)18(29)4)14-27-28-23(30)9-10-31-21-7-5-19(26)6-8-21/h5-8,11-14H,9-10H2,1-4H3,(H,28,30)/b27-14-. The van der Waals surface area contributed by atoms with E-state index >= 15 is 0 Å². The molecule has 4 nitrogen and oxygen atoms in total. The largest absolute Gasteiger partial charge is 0.317 e. The van der Waals surface area contributed by atoms with Crippen LogP contribution in [0.3, 0.4) is 0 Å². The van der Waals surface area contributed by atoms with Crippen molar-refractivity contribution < 1.29 is 4.79 Å². The zero-order chi connectivity index (χ0) is 22.5. The lowest BCUT2D eigenvalue weighted by Gasteiger charge is -2.11. The van der Waals surface area contributed by atoms with E-state index in [4.69, 9.17) is 11.6 Å². The summed E-state index contributed by atoms with van der Waals surface area (Å²) in [5.74, 6) is 0.561. The zero-order valence-electron chi connectivity index (χ0n) is 18.0. The SMILES string of the molecule is Cc1cc(C)cc(-n2c(C)c(Br)c(/C=N\NC(=O)CCSc3ccc(Cl)cc3)c2C)c1. The molecule has 1 N–H and O–H groups in total. The number of halogens is 2. The molecule has 1 heterocycles. The number of benzene rings is 2. The Balaban J connectivity index is 1.64. The van der Waals surface area contributed by atoms with Gasteiger partial charge in [0.05, 0.1) is 6.21 Å². The Kier molecular flexibility index (Phi) is 8.03. The first-order chi connectivity index (χ1) is 14.8. The van der Waals surface area contributed by atoms with Gasteiger partial charge in [0.1, 0.15) is 0 Å². The molecule has 3 rings (SSSR count). The molecule has 0 aliphatic heterocycles. The van der Waals surface area contributed by atoms with Crippen LogP contribution < -0.4 is 5.43 Å².